The summed E-state index contributed by atoms with van der Waals surface area (Å²) in [5.41, 5.74) is 0. The van der Waals surface area contributed by atoms with Gasteiger partial charge in [0.25, 0.3) is 0 Å². The van der Waals surface area contributed by atoms with Crippen LogP contribution in [0.15, 0.2) is 10.5 Å². The predicted octanol–water partition coefficient (Wildman–Crippen LogP) is 5.61. The van der Waals surface area contributed by atoms with Gasteiger partial charge in [0.2, 0.25) is 0 Å². The van der Waals surface area contributed by atoms with Gasteiger partial charge in [0.15, 0.2) is 5.78 Å². The monoisotopic (exact) mass is 340 g/mol. The molecule has 0 aliphatic heterocycles. The van der Waals surface area contributed by atoms with Crippen LogP contribution in [-0.4, -0.2) is 5.78 Å². The zero-order chi connectivity index (χ0) is 13.4. The summed E-state index contributed by atoms with van der Waals surface area (Å²) in [6.07, 6.45) is 9.10. The van der Waals surface area contributed by atoms with Gasteiger partial charge in [-0.2, -0.15) is 0 Å². The van der Waals surface area contributed by atoms with Crippen molar-refractivity contribution in [3.05, 3.63) is 20.3 Å². The fourth-order valence-electron chi connectivity index (χ4n) is 3.95. The summed E-state index contributed by atoms with van der Waals surface area (Å²) < 4.78 is 1.01. The van der Waals surface area contributed by atoms with E-state index in [2.05, 4.69) is 28.9 Å². The van der Waals surface area contributed by atoms with E-state index in [4.69, 9.17) is 0 Å². The van der Waals surface area contributed by atoms with Crippen molar-refractivity contribution in [2.45, 2.75) is 51.9 Å². The lowest BCUT2D eigenvalue weighted by Crippen LogP contribution is -2.31. The van der Waals surface area contributed by atoms with E-state index in [0.717, 1.165) is 34.0 Å². The minimum Gasteiger partial charge on any atom is -0.293 e. The topological polar surface area (TPSA) is 17.1 Å². The molecule has 2 fully saturated rings. The fraction of sp³-hybridized carbons (Fsp3) is 0.688. The molecule has 3 rings (SSSR count). The Morgan fingerprint density at radius 1 is 1.21 bits per heavy atom. The molecular formula is C16H21BrOS. The Bertz CT molecular complexity index is 479. The number of aryl methyl sites for hydroxylation is 1. The van der Waals surface area contributed by atoms with E-state index in [-0.39, 0.29) is 5.92 Å². The minimum absolute atomic E-state index is 0.286. The number of halogens is 1. The molecule has 1 aromatic rings. The molecule has 0 N–H and O–H groups in total. The van der Waals surface area contributed by atoms with Crippen LogP contribution in [0.3, 0.4) is 0 Å². The first-order valence-electron chi connectivity index (χ1n) is 7.45. The van der Waals surface area contributed by atoms with Gasteiger partial charge in [-0.05, 0) is 60.0 Å². The molecule has 3 unspecified atom stereocenters. The highest BCUT2D eigenvalue weighted by Crippen LogP contribution is 2.44. The Balaban J connectivity index is 1.72. The van der Waals surface area contributed by atoms with Crippen LogP contribution in [0.5, 0.6) is 0 Å². The van der Waals surface area contributed by atoms with Gasteiger partial charge in [0.05, 0.1) is 4.88 Å². The van der Waals surface area contributed by atoms with E-state index in [0.29, 0.717) is 5.78 Å². The number of carbonyl (C=O) groups is 1. The summed E-state index contributed by atoms with van der Waals surface area (Å²) in [7, 11) is 0. The Hall–Kier alpha value is -0.150. The largest absolute Gasteiger partial charge is 0.293 e. The van der Waals surface area contributed by atoms with Crippen LogP contribution in [0.2, 0.25) is 0 Å². The predicted molar refractivity (Wildman–Crippen MR) is 83.9 cm³/mol. The van der Waals surface area contributed by atoms with Crippen LogP contribution in [-0.2, 0) is 0 Å². The molecule has 19 heavy (non-hydrogen) atoms. The van der Waals surface area contributed by atoms with Crippen LogP contribution < -0.4 is 0 Å². The average Bonchev–Trinajstić information content (AvgIpc) is 2.76. The van der Waals surface area contributed by atoms with Crippen LogP contribution in [0, 0.1) is 24.7 Å². The highest BCUT2D eigenvalue weighted by molar-refractivity contribution is 9.10. The van der Waals surface area contributed by atoms with Crippen molar-refractivity contribution in [2.24, 2.45) is 17.8 Å². The van der Waals surface area contributed by atoms with Gasteiger partial charge >= 0.3 is 0 Å². The Labute approximate surface area is 127 Å². The molecule has 0 radical (unpaired) electrons. The van der Waals surface area contributed by atoms with Crippen molar-refractivity contribution < 1.29 is 4.79 Å². The second-order valence-electron chi connectivity index (χ2n) is 6.21. The van der Waals surface area contributed by atoms with Gasteiger partial charge in [0.1, 0.15) is 0 Å². The molecule has 3 atom stereocenters. The summed E-state index contributed by atoms with van der Waals surface area (Å²) in [4.78, 5) is 14.9. The molecule has 104 valence electrons. The van der Waals surface area contributed by atoms with Crippen LogP contribution in [0.1, 0.15) is 59.5 Å². The van der Waals surface area contributed by atoms with Crippen molar-refractivity contribution in [1.29, 1.82) is 0 Å². The lowest BCUT2D eigenvalue weighted by Gasteiger charge is -2.38. The molecule has 0 saturated heterocycles. The molecule has 1 heterocycles. The number of fused-ring (bicyclic) bond motifs is 1. The second-order valence-corrected chi connectivity index (χ2v) is 8.32. The van der Waals surface area contributed by atoms with Crippen molar-refractivity contribution in [1.82, 2.24) is 0 Å². The molecule has 0 spiro atoms. The van der Waals surface area contributed by atoms with Gasteiger partial charge in [-0.25, -0.2) is 0 Å². The summed E-state index contributed by atoms with van der Waals surface area (Å²) in [5.74, 6) is 2.44. The van der Waals surface area contributed by atoms with Gasteiger partial charge in [-0.3, -0.25) is 4.79 Å². The first-order valence-corrected chi connectivity index (χ1v) is 9.06. The summed E-state index contributed by atoms with van der Waals surface area (Å²) in [6.45, 7) is 2.07. The van der Waals surface area contributed by atoms with E-state index in [1.165, 1.54) is 37.0 Å². The lowest BCUT2D eigenvalue weighted by atomic mass is 9.66. The Morgan fingerprint density at radius 2 is 1.95 bits per heavy atom. The van der Waals surface area contributed by atoms with Crippen molar-refractivity contribution in [2.75, 3.05) is 0 Å². The first-order chi connectivity index (χ1) is 9.15. The molecule has 2 aliphatic carbocycles. The minimum atomic E-state index is 0.286. The van der Waals surface area contributed by atoms with Crippen LogP contribution in [0.4, 0.5) is 0 Å². The molecule has 2 saturated carbocycles. The maximum absolute atomic E-state index is 12.7. The number of thiophene rings is 1. The number of hydrogen-bond donors (Lipinski definition) is 0. The van der Waals surface area contributed by atoms with E-state index in [1.807, 2.05) is 0 Å². The summed E-state index contributed by atoms with van der Waals surface area (Å²) >= 11 is 5.19. The molecular weight excluding hydrogens is 320 g/mol. The zero-order valence-electron chi connectivity index (χ0n) is 11.5. The van der Waals surface area contributed by atoms with E-state index in [1.54, 1.807) is 11.3 Å². The van der Waals surface area contributed by atoms with E-state index < -0.39 is 0 Å². The van der Waals surface area contributed by atoms with Crippen LogP contribution >= 0.6 is 27.3 Å². The molecule has 0 aromatic carbocycles. The maximum Gasteiger partial charge on any atom is 0.177 e. The maximum atomic E-state index is 12.7. The standard InChI is InChI=1S/C16H21BrOS/c1-10-8-14(17)16(19-10)15(18)13-7-6-11-4-2-3-5-12(11)9-13/h8,11-13H,2-7,9H2,1H3. The third-order valence-corrected chi connectivity index (χ3v) is 6.90. The fourth-order valence-corrected chi connectivity index (χ4v) is 5.80. The van der Waals surface area contributed by atoms with Crippen molar-refractivity contribution in [3.8, 4) is 0 Å². The van der Waals surface area contributed by atoms with Gasteiger partial charge in [0, 0.05) is 15.3 Å². The van der Waals surface area contributed by atoms with Gasteiger partial charge in [-0.15, -0.1) is 11.3 Å². The SMILES string of the molecule is Cc1cc(Br)c(C(=O)C2CCC3CCCCC3C2)s1. The lowest BCUT2D eigenvalue weighted by molar-refractivity contribution is 0.0767. The van der Waals surface area contributed by atoms with Gasteiger partial charge in [-0.1, -0.05) is 25.7 Å². The van der Waals surface area contributed by atoms with Crippen molar-refractivity contribution >= 4 is 33.0 Å². The smallest absolute Gasteiger partial charge is 0.177 e. The number of ketones is 1. The molecule has 1 nitrogen and oxygen atoms in total. The number of hydrogen-bond acceptors (Lipinski definition) is 2. The normalized spacial score (nSPS) is 30.9. The molecule has 0 amide bonds. The number of carbonyl (C=O) groups excluding carboxylic acids is 1. The first kappa shape index (κ1) is 13.8. The Kier molecular flexibility index (Phi) is 4.14. The third-order valence-electron chi connectivity index (χ3n) is 4.94. The van der Waals surface area contributed by atoms with Crippen molar-refractivity contribution in [3.63, 3.8) is 0 Å². The summed E-state index contributed by atoms with van der Waals surface area (Å²) in [5, 5.41) is 0. The second kappa shape index (κ2) is 5.69. The average molecular weight is 341 g/mol. The number of rotatable bonds is 2. The Morgan fingerprint density at radius 3 is 2.63 bits per heavy atom. The quantitative estimate of drug-likeness (QED) is 0.639. The van der Waals surface area contributed by atoms with Crippen LogP contribution in [0.25, 0.3) is 0 Å². The number of Topliss-reactive ketones (excluding diaryl/α,β-unsaturated/α-hetero) is 1. The highest BCUT2D eigenvalue weighted by Gasteiger charge is 2.36. The molecule has 1 aromatic heterocycles. The van der Waals surface area contributed by atoms with E-state index in [9.17, 15) is 4.79 Å². The third kappa shape index (κ3) is 2.82. The molecule has 2 aliphatic rings. The highest BCUT2D eigenvalue weighted by atomic mass is 79.9. The summed E-state index contributed by atoms with van der Waals surface area (Å²) in [6, 6.07) is 2.07. The van der Waals surface area contributed by atoms with E-state index >= 15 is 0 Å². The van der Waals surface area contributed by atoms with Gasteiger partial charge < -0.3 is 0 Å². The molecule has 0 bridgehead atoms. The molecule has 3 heteroatoms. The zero-order valence-corrected chi connectivity index (χ0v) is 13.9.